The van der Waals surface area contributed by atoms with Crippen LogP contribution in [0.25, 0.3) is 0 Å². The minimum atomic E-state index is 0.543. The fourth-order valence-corrected chi connectivity index (χ4v) is 1.62. The van der Waals surface area contributed by atoms with Crippen molar-refractivity contribution in [3.63, 3.8) is 0 Å². The summed E-state index contributed by atoms with van der Waals surface area (Å²) in [4.78, 5) is 0. The van der Waals surface area contributed by atoms with Crippen LogP contribution in [0.2, 0.25) is 5.02 Å². The van der Waals surface area contributed by atoms with Crippen molar-refractivity contribution in [2.24, 2.45) is 5.92 Å². The Bertz CT molecular complexity index is 279. The summed E-state index contributed by atoms with van der Waals surface area (Å²) >= 11 is 5.85. The van der Waals surface area contributed by atoms with Gasteiger partial charge in [-0.25, -0.2) is 0 Å². The molecule has 1 N–H and O–H groups in total. The molecule has 15 heavy (non-hydrogen) atoms. The van der Waals surface area contributed by atoms with Gasteiger partial charge in [-0.1, -0.05) is 44.5 Å². The molecule has 1 atom stereocenters. The van der Waals surface area contributed by atoms with E-state index in [0.717, 1.165) is 18.1 Å². The van der Waals surface area contributed by atoms with Gasteiger partial charge in [-0.15, -0.1) is 0 Å². The van der Waals surface area contributed by atoms with Crippen molar-refractivity contribution in [3.8, 4) is 0 Å². The van der Waals surface area contributed by atoms with Gasteiger partial charge in [0.15, 0.2) is 0 Å². The van der Waals surface area contributed by atoms with E-state index < -0.39 is 0 Å². The molecule has 1 aromatic carbocycles. The maximum atomic E-state index is 5.85. The minimum Gasteiger partial charge on any atom is -0.316 e. The Hall–Kier alpha value is -0.530. The second-order valence-electron chi connectivity index (χ2n) is 4.50. The van der Waals surface area contributed by atoms with Crippen molar-refractivity contribution in [2.45, 2.75) is 26.7 Å². The van der Waals surface area contributed by atoms with Crippen LogP contribution in [0.15, 0.2) is 24.3 Å². The number of benzene rings is 1. The molecule has 0 spiro atoms. The van der Waals surface area contributed by atoms with Gasteiger partial charge in [-0.2, -0.15) is 0 Å². The van der Waals surface area contributed by atoms with Gasteiger partial charge < -0.3 is 5.32 Å². The predicted octanol–water partition coefficient (Wildman–Crippen LogP) is 3.69. The summed E-state index contributed by atoms with van der Waals surface area (Å²) in [5.41, 5.74) is 1.34. The third kappa shape index (κ3) is 4.67. The van der Waals surface area contributed by atoms with Crippen LogP contribution in [0, 0.1) is 5.92 Å². The highest BCUT2D eigenvalue weighted by Crippen LogP contribution is 2.17. The van der Waals surface area contributed by atoms with E-state index in [4.69, 9.17) is 11.6 Å². The predicted molar refractivity (Wildman–Crippen MR) is 67.6 cm³/mol. The number of hydrogen-bond acceptors (Lipinski definition) is 1. The topological polar surface area (TPSA) is 12.0 Å². The van der Waals surface area contributed by atoms with Crippen molar-refractivity contribution >= 4 is 11.6 Å². The molecule has 1 aromatic rings. The molecule has 0 aliphatic heterocycles. The molecular weight excluding hydrogens is 206 g/mol. The lowest BCUT2D eigenvalue weighted by Crippen LogP contribution is -2.24. The van der Waals surface area contributed by atoms with Gasteiger partial charge in [-0.05, 0) is 36.1 Å². The SMILES string of the molecule is CC(C)CNCC(C)c1ccc(Cl)cc1. The highest BCUT2D eigenvalue weighted by atomic mass is 35.5. The monoisotopic (exact) mass is 225 g/mol. The quantitative estimate of drug-likeness (QED) is 0.806. The lowest BCUT2D eigenvalue weighted by atomic mass is 10.0. The van der Waals surface area contributed by atoms with Crippen LogP contribution >= 0.6 is 11.6 Å². The van der Waals surface area contributed by atoms with Crippen LogP contribution in [-0.4, -0.2) is 13.1 Å². The Kier molecular flexibility index (Phi) is 5.13. The van der Waals surface area contributed by atoms with Crippen molar-refractivity contribution in [1.29, 1.82) is 0 Å². The van der Waals surface area contributed by atoms with E-state index in [1.807, 2.05) is 12.1 Å². The van der Waals surface area contributed by atoms with Gasteiger partial charge in [-0.3, -0.25) is 0 Å². The van der Waals surface area contributed by atoms with Crippen molar-refractivity contribution < 1.29 is 0 Å². The van der Waals surface area contributed by atoms with E-state index >= 15 is 0 Å². The molecule has 2 heteroatoms. The molecule has 0 heterocycles. The molecule has 84 valence electrons. The molecule has 0 aromatic heterocycles. The summed E-state index contributed by atoms with van der Waals surface area (Å²) in [6.45, 7) is 8.79. The average Bonchev–Trinajstić information content (AvgIpc) is 2.18. The van der Waals surface area contributed by atoms with Gasteiger partial charge in [0, 0.05) is 11.6 Å². The molecule has 0 bridgehead atoms. The summed E-state index contributed by atoms with van der Waals surface area (Å²) in [6.07, 6.45) is 0. The highest BCUT2D eigenvalue weighted by molar-refractivity contribution is 6.30. The van der Waals surface area contributed by atoms with Crippen LogP contribution in [0.3, 0.4) is 0 Å². The zero-order valence-corrected chi connectivity index (χ0v) is 10.5. The fourth-order valence-electron chi connectivity index (χ4n) is 1.50. The Morgan fingerprint density at radius 3 is 2.20 bits per heavy atom. The second-order valence-corrected chi connectivity index (χ2v) is 4.94. The Morgan fingerprint density at radius 1 is 1.07 bits per heavy atom. The smallest absolute Gasteiger partial charge is 0.0406 e. The van der Waals surface area contributed by atoms with Gasteiger partial charge in [0.1, 0.15) is 0 Å². The summed E-state index contributed by atoms with van der Waals surface area (Å²) in [5, 5.41) is 4.27. The van der Waals surface area contributed by atoms with E-state index in [-0.39, 0.29) is 0 Å². The molecule has 1 rings (SSSR count). The molecule has 1 nitrogen and oxygen atoms in total. The van der Waals surface area contributed by atoms with Crippen molar-refractivity contribution in [1.82, 2.24) is 5.32 Å². The normalized spacial score (nSPS) is 13.1. The first-order valence-electron chi connectivity index (χ1n) is 5.55. The lowest BCUT2D eigenvalue weighted by molar-refractivity contribution is 0.529. The van der Waals surface area contributed by atoms with Gasteiger partial charge in [0.05, 0.1) is 0 Å². The van der Waals surface area contributed by atoms with Crippen molar-refractivity contribution in [2.75, 3.05) is 13.1 Å². The summed E-state index contributed by atoms with van der Waals surface area (Å²) < 4.78 is 0. The van der Waals surface area contributed by atoms with E-state index in [2.05, 4.69) is 38.2 Å². The Labute approximate surface area is 97.8 Å². The molecule has 0 aliphatic carbocycles. The molecular formula is C13H20ClN. The average molecular weight is 226 g/mol. The Balaban J connectivity index is 2.40. The van der Waals surface area contributed by atoms with Gasteiger partial charge >= 0.3 is 0 Å². The summed E-state index contributed by atoms with van der Waals surface area (Å²) in [5.74, 6) is 1.25. The van der Waals surface area contributed by atoms with Crippen LogP contribution in [0.1, 0.15) is 32.3 Å². The van der Waals surface area contributed by atoms with Crippen LogP contribution in [-0.2, 0) is 0 Å². The molecule has 0 aliphatic rings. The zero-order valence-electron chi connectivity index (χ0n) is 9.76. The molecule has 0 saturated heterocycles. The first-order chi connectivity index (χ1) is 7.09. The summed E-state index contributed by atoms with van der Waals surface area (Å²) in [7, 11) is 0. The Morgan fingerprint density at radius 2 is 1.67 bits per heavy atom. The molecule has 0 amide bonds. The maximum absolute atomic E-state index is 5.85. The van der Waals surface area contributed by atoms with Crippen LogP contribution in [0.5, 0.6) is 0 Å². The lowest BCUT2D eigenvalue weighted by Gasteiger charge is -2.14. The highest BCUT2D eigenvalue weighted by Gasteiger charge is 2.04. The van der Waals surface area contributed by atoms with Crippen LogP contribution in [0.4, 0.5) is 0 Å². The fraction of sp³-hybridized carbons (Fsp3) is 0.538. The van der Waals surface area contributed by atoms with E-state index in [9.17, 15) is 0 Å². The summed E-state index contributed by atoms with van der Waals surface area (Å²) in [6, 6.07) is 8.11. The van der Waals surface area contributed by atoms with Crippen LogP contribution < -0.4 is 5.32 Å². The minimum absolute atomic E-state index is 0.543. The third-order valence-electron chi connectivity index (χ3n) is 2.44. The molecule has 0 fully saturated rings. The first kappa shape index (κ1) is 12.5. The first-order valence-corrected chi connectivity index (χ1v) is 5.93. The standard InChI is InChI=1S/C13H20ClN/c1-10(2)8-15-9-11(3)12-4-6-13(14)7-5-12/h4-7,10-11,15H,8-9H2,1-3H3. The maximum Gasteiger partial charge on any atom is 0.0406 e. The largest absolute Gasteiger partial charge is 0.316 e. The molecule has 0 radical (unpaired) electrons. The second kappa shape index (κ2) is 6.14. The van der Waals surface area contributed by atoms with E-state index in [1.165, 1.54) is 5.56 Å². The molecule has 0 saturated carbocycles. The van der Waals surface area contributed by atoms with Crippen molar-refractivity contribution in [3.05, 3.63) is 34.9 Å². The zero-order chi connectivity index (χ0) is 11.3. The third-order valence-corrected chi connectivity index (χ3v) is 2.69. The van der Waals surface area contributed by atoms with Gasteiger partial charge in [0.2, 0.25) is 0 Å². The van der Waals surface area contributed by atoms with Gasteiger partial charge in [0.25, 0.3) is 0 Å². The number of hydrogen-bond donors (Lipinski definition) is 1. The number of halogens is 1. The number of nitrogens with one attached hydrogen (secondary N) is 1. The van der Waals surface area contributed by atoms with E-state index in [0.29, 0.717) is 11.8 Å². The number of rotatable bonds is 5. The molecule has 1 unspecified atom stereocenters. The van der Waals surface area contributed by atoms with E-state index in [1.54, 1.807) is 0 Å².